The van der Waals surface area contributed by atoms with Gasteiger partial charge in [0.2, 0.25) is 0 Å². The number of piperazine rings is 1. The van der Waals surface area contributed by atoms with Crippen LogP contribution in [-0.4, -0.2) is 33.3 Å². The van der Waals surface area contributed by atoms with Crippen molar-refractivity contribution in [2.24, 2.45) is 0 Å². The van der Waals surface area contributed by atoms with E-state index in [1.54, 1.807) is 7.11 Å². The molecule has 0 unspecified atom stereocenters. The number of anilines is 1. The number of benzene rings is 1. The van der Waals surface area contributed by atoms with Crippen molar-refractivity contribution in [1.29, 1.82) is 0 Å². The molecule has 82 valence electrons. The Labute approximate surface area is 95.0 Å². The highest BCUT2D eigenvalue weighted by atomic mass is 35.5. The normalized spacial score (nSPS) is 16.5. The minimum absolute atomic E-state index is 0.663. The lowest BCUT2D eigenvalue weighted by Crippen LogP contribution is -2.43. The summed E-state index contributed by atoms with van der Waals surface area (Å²) in [5.41, 5.74) is 1.18. The molecule has 3 nitrogen and oxygen atoms in total. The summed E-state index contributed by atoms with van der Waals surface area (Å²) in [4.78, 5) is 2.33. The summed E-state index contributed by atoms with van der Waals surface area (Å²) < 4.78 is 5.20. The third-order valence-corrected chi connectivity index (χ3v) is 2.93. The van der Waals surface area contributed by atoms with Crippen LogP contribution in [0.5, 0.6) is 5.75 Å². The predicted octanol–water partition coefficient (Wildman–Crippen LogP) is 1.76. The van der Waals surface area contributed by atoms with E-state index in [0.29, 0.717) is 5.02 Å². The molecule has 1 aliphatic heterocycles. The molecule has 1 N–H and O–H groups in total. The second-order valence-corrected chi connectivity index (χ2v) is 3.96. The molecule has 4 heteroatoms. The van der Waals surface area contributed by atoms with E-state index in [4.69, 9.17) is 16.3 Å². The van der Waals surface area contributed by atoms with Crippen LogP contribution in [0.15, 0.2) is 18.2 Å². The van der Waals surface area contributed by atoms with Crippen LogP contribution in [0.3, 0.4) is 0 Å². The maximum atomic E-state index is 5.98. The topological polar surface area (TPSA) is 24.5 Å². The average molecular weight is 227 g/mol. The van der Waals surface area contributed by atoms with Crippen LogP contribution in [0, 0.1) is 0 Å². The number of ether oxygens (including phenoxy) is 1. The maximum Gasteiger partial charge on any atom is 0.139 e. The highest BCUT2D eigenvalue weighted by Gasteiger charge is 2.11. The van der Waals surface area contributed by atoms with Gasteiger partial charge in [-0.3, -0.25) is 0 Å². The van der Waals surface area contributed by atoms with Crippen molar-refractivity contribution in [2.75, 3.05) is 38.2 Å². The molecular weight excluding hydrogens is 212 g/mol. The van der Waals surface area contributed by atoms with Crippen LogP contribution in [0.2, 0.25) is 5.02 Å². The molecular formula is C11H15ClN2O. The Morgan fingerprint density at radius 3 is 2.73 bits per heavy atom. The highest BCUT2D eigenvalue weighted by Crippen LogP contribution is 2.29. The molecule has 1 aliphatic rings. The van der Waals surface area contributed by atoms with E-state index in [0.717, 1.165) is 31.9 Å². The van der Waals surface area contributed by atoms with Gasteiger partial charge in [0.15, 0.2) is 0 Å². The van der Waals surface area contributed by atoms with Crippen LogP contribution < -0.4 is 15.0 Å². The average Bonchev–Trinajstić information content (AvgIpc) is 2.31. The molecule has 2 rings (SSSR count). The zero-order chi connectivity index (χ0) is 10.7. The van der Waals surface area contributed by atoms with Gasteiger partial charge in [-0.25, -0.2) is 0 Å². The smallest absolute Gasteiger partial charge is 0.139 e. The van der Waals surface area contributed by atoms with Crippen molar-refractivity contribution in [3.05, 3.63) is 23.2 Å². The summed E-state index contributed by atoms with van der Waals surface area (Å²) in [5.74, 6) is 0.743. The first kappa shape index (κ1) is 10.6. The first-order chi connectivity index (χ1) is 7.31. The van der Waals surface area contributed by atoms with Crippen LogP contribution in [-0.2, 0) is 0 Å². The third kappa shape index (κ3) is 2.36. The summed E-state index contributed by atoms with van der Waals surface area (Å²) in [6, 6.07) is 5.92. The van der Waals surface area contributed by atoms with E-state index >= 15 is 0 Å². The minimum atomic E-state index is 0.663. The summed E-state index contributed by atoms with van der Waals surface area (Å²) in [6.45, 7) is 4.13. The monoisotopic (exact) mass is 226 g/mol. The number of nitrogens with zero attached hydrogens (tertiary/aromatic N) is 1. The lowest BCUT2D eigenvalue weighted by molar-refractivity contribution is 0.415. The maximum absolute atomic E-state index is 5.98. The number of methoxy groups -OCH3 is 1. The molecule has 0 radical (unpaired) electrons. The lowest BCUT2D eigenvalue weighted by atomic mass is 10.2. The van der Waals surface area contributed by atoms with Crippen molar-refractivity contribution in [2.45, 2.75) is 0 Å². The van der Waals surface area contributed by atoms with Gasteiger partial charge in [-0.05, 0) is 12.1 Å². The zero-order valence-electron chi connectivity index (χ0n) is 8.79. The molecule has 0 aromatic heterocycles. The fraction of sp³-hybridized carbons (Fsp3) is 0.455. The molecule has 1 heterocycles. The van der Waals surface area contributed by atoms with E-state index < -0.39 is 0 Å². The molecule has 0 amide bonds. The highest BCUT2D eigenvalue weighted by molar-refractivity contribution is 6.32. The van der Waals surface area contributed by atoms with E-state index in [1.807, 2.05) is 18.2 Å². The molecule has 15 heavy (non-hydrogen) atoms. The molecule has 0 saturated carbocycles. The van der Waals surface area contributed by atoms with Crippen LogP contribution in [0.25, 0.3) is 0 Å². The molecule has 1 aromatic carbocycles. The Morgan fingerprint density at radius 1 is 1.33 bits per heavy atom. The Morgan fingerprint density at radius 2 is 2.07 bits per heavy atom. The summed E-state index contributed by atoms with van der Waals surface area (Å²) >= 11 is 5.98. The Hall–Kier alpha value is -0.930. The standard InChI is InChI=1S/C11H15ClN2O/c1-15-11-8-9(2-3-10(11)12)14-6-4-13-5-7-14/h2-3,8,13H,4-7H2,1H3. The van der Waals surface area contributed by atoms with Crippen molar-refractivity contribution in [1.82, 2.24) is 5.32 Å². The van der Waals surface area contributed by atoms with Crippen molar-refractivity contribution in [3.63, 3.8) is 0 Å². The van der Waals surface area contributed by atoms with E-state index in [1.165, 1.54) is 5.69 Å². The molecule has 1 aromatic rings. The second-order valence-electron chi connectivity index (χ2n) is 3.56. The predicted molar refractivity (Wildman–Crippen MR) is 63.1 cm³/mol. The molecule has 0 bridgehead atoms. The summed E-state index contributed by atoms with van der Waals surface area (Å²) in [6.07, 6.45) is 0. The van der Waals surface area contributed by atoms with Gasteiger partial charge >= 0.3 is 0 Å². The number of nitrogens with one attached hydrogen (secondary N) is 1. The first-order valence-electron chi connectivity index (χ1n) is 5.10. The number of hydrogen-bond acceptors (Lipinski definition) is 3. The van der Waals surface area contributed by atoms with Gasteiger partial charge < -0.3 is 15.0 Å². The molecule has 0 spiro atoms. The largest absolute Gasteiger partial charge is 0.495 e. The summed E-state index contributed by atoms with van der Waals surface area (Å²) in [7, 11) is 1.64. The summed E-state index contributed by atoms with van der Waals surface area (Å²) in [5, 5.41) is 3.99. The van der Waals surface area contributed by atoms with Crippen LogP contribution >= 0.6 is 11.6 Å². The Balaban J connectivity index is 2.20. The molecule has 1 saturated heterocycles. The van der Waals surface area contributed by atoms with E-state index in [-0.39, 0.29) is 0 Å². The first-order valence-corrected chi connectivity index (χ1v) is 5.48. The number of rotatable bonds is 2. The van der Waals surface area contributed by atoms with Crippen molar-refractivity contribution in [3.8, 4) is 5.75 Å². The van der Waals surface area contributed by atoms with Gasteiger partial charge in [0, 0.05) is 37.9 Å². The Bertz CT molecular complexity index is 337. The van der Waals surface area contributed by atoms with E-state index in [9.17, 15) is 0 Å². The zero-order valence-corrected chi connectivity index (χ0v) is 9.55. The lowest BCUT2D eigenvalue weighted by Gasteiger charge is -2.29. The van der Waals surface area contributed by atoms with Crippen LogP contribution in [0.4, 0.5) is 5.69 Å². The fourth-order valence-electron chi connectivity index (χ4n) is 1.77. The molecule has 1 fully saturated rings. The van der Waals surface area contributed by atoms with Gasteiger partial charge in [0.05, 0.1) is 12.1 Å². The minimum Gasteiger partial charge on any atom is -0.495 e. The van der Waals surface area contributed by atoms with Crippen LogP contribution in [0.1, 0.15) is 0 Å². The Kier molecular flexibility index (Phi) is 3.34. The second kappa shape index (κ2) is 4.73. The van der Waals surface area contributed by atoms with Crippen molar-refractivity contribution >= 4 is 17.3 Å². The van der Waals surface area contributed by atoms with E-state index in [2.05, 4.69) is 10.2 Å². The van der Waals surface area contributed by atoms with Gasteiger partial charge in [-0.15, -0.1) is 0 Å². The third-order valence-electron chi connectivity index (χ3n) is 2.62. The molecule has 0 atom stereocenters. The van der Waals surface area contributed by atoms with Gasteiger partial charge in [0.25, 0.3) is 0 Å². The molecule has 0 aliphatic carbocycles. The quantitative estimate of drug-likeness (QED) is 0.832. The SMILES string of the molecule is COc1cc(N2CCNCC2)ccc1Cl. The van der Waals surface area contributed by atoms with Gasteiger partial charge in [-0.2, -0.15) is 0 Å². The van der Waals surface area contributed by atoms with Gasteiger partial charge in [0.1, 0.15) is 5.75 Å². The van der Waals surface area contributed by atoms with Crippen molar-refractivity contribution < 1.29 is 4.74 Å². The van der Waals surface area contributed by atoms with Gasteiger partial charge in [-0.1, -0.05) is 11.6 Å². The fourth-order valence-corrected chi connectivity index (χ4v) is 1.96. The number of hydrogen-bond donors (Lipinski definition) is 1. The number of halogens is 1.